The molecule has 0 amide bonds. The second kappa shape index (κ2) is 3.25. The molecule has 0 radical (unpaired) electrons. The van der Waals surface area contributed by atoms with Gasteiger partial charge in [-0.25, -0.2) is 0 Å². The summed E-state index contributed by atoms with van der Waals surface area (Å²) in [6.45, 7) is 8.97. The van der Waals surface area contributed by atoms with Crippen LogP contribution in [0.15, 0.2) is 22.8 Å². The monoisotopic (exact) mass is 150 g/mol. The Morgan fingerprint density at radius 2 is 1.91 bits per heavy atom. The van der Waals surface area contributed by atoms with Crippen LogP contribution in [0.5, 0.6) is 0 Å². The highest BCUT2D eigenvalue weighted by molar-refractivity contribution is 5.41. The molecule has 62 valence electrons. The van der Waals surface area contributed by atoms with Gasteiger partial charge in [-0.15, -0.1) is 0 Å². The first kappa shape index (κ1) is 8.58. The molecule has 0 N–H and O–H groups in total. The molecular formula is C11H18. The first-order valence-electron chi connectivity index (χ1n) is 4.53. The minimum atomic E-state index is 0.750. The summed E-state index contributed by atoms with van der Waals surface area (Å²) in [6, 6.07) is 0. The number of rotatable bonds is 2. The van der Waals surface area contributed by atoms with Crippen molar-refractivity contribution in [1.29, 1.82) is 0 Å². The van der Waals surface area contributed by atoms with Crippen LogP contribution in [-0.4, -0.2) is 0 Å². The highest BCUT2D eigenvalue weighted by Gasteiger charge is 2.16. The van der Waals surface area contributed by atoms with Gasteiger partial charge in [0, 0.05) is 0 Å². The molecule has 0 bridgehead atoms. The Labute approximate surface area is 70.0 Å². The van der Waals surface area contributed by atoms with Crippen molar-refractivity contribution in [3.8, 4) is 0 Å². The molecule has 0 spiro atoms. The van der Waals surface area contributed by atoms with E-state index in [1.165, 1.54) is 24.0 Å². The summed E-state index contributed by atoms with van der Waals surface area (Å²) < 4.78 is 0. The predicted molar refractivity (Wildman–Crippen MR) is 50.5 cm³/mol. The van der Waals surface area contributed by atoms with Gasteiger partial charge in [0.2, 0.25) is 0 Å². The maximum Gasteiger partial charge on any atom is -0.00145 e. The maximum absolute atomic E-state index is 2.41. The molecule has 0 heteroatoms. The van der Waals surface area contributed by atoms with E-state index in [0.29, 0.717) is 0 Å². The van der Waals surface area contributed by atoms with Crippen molar-refractivity contribution in [2.75, 3.05) is 0 Å². The van der Waals surface area contributed by atoms with Crippen molar-refractivity contribution < 1.29 is 0 Å². The van der Waals surface area contributed by atoms with Crippen molar-refractivity contribution in [2.45, 2.75) is 40.5 Å². The van der Waals surface area contributed by atoms with Crippen LogP contribution in [0.3, 0.4) is 0 Å². The predicted octanol–water partition coefficient (Wildman–Crippen LogP) is 3.70. The van der Waals surface area contributed by atoms with Gasteiger partial charge in [-0.1, -0.05) is 30.6 Å². The average Bonchev–Trinajstić information content (AvgIpc) is 2.19. The molecule has 0 nitrogen and oxygen atoms in total. The van der Waals surface area contributed by atoms with Gasteiger partial charge in [0.05, 0.1) is 0 Å². The fraction of sp³-hybridized carbons (Fsp3) is 0.636. The van der Waals surface area contributed by atoms with E-state index in [4.69, 9.17) is 0 Å². The Morgan fingerprint density at radius 3 is 2.27 bits per heavy atom. The van der Waals surface area contributed by atoms with Crippen molar-refractivity contribution in [3.63, 3.8) is 0 Å². The molecule has 0 heterocycles. The zero-order valence-electron chi connectivity index (χ0n) is 8.07. The maximum atomic E-state index is 2.41. The molecule has 1 unspecified atom stereocenters. The van der Waals surface area contributed by atoms with Gasteiger partial charge in [-0.3, -0.25) is 0 Å². The van der Waals surface area contributed by atoms with Crippen LogP contribution in [-0.2, 0) is 0 Å². The van der Waals surface area contributed by atoms with Gasteiger partial charge in [0.1, 0.15) is 0 Å². The van der Waals surface area contributed by atoms with Gasteiger partial charge >= 0.3 is 0 Å². The molecule has 0 saturated carbocycles. The molecule has 1 atom stereocenters. The third kappa shape index (κ3) is 1.55. The molecule has 0 aromatic heterocycles. The Morgan fingerprint density at radius 1 is 1.27 bits per heavy atom. The molecule has 0 fully saturated rings. The number of hydrogen-bond donors (Lipinski definition) is 0. The third-order valence-electron chi connectivity index (χ3n) is 2.79. The van der Waals surface area contributed by atoms with E-state index >= 15 is 0 Å². The Balaban J connectivity index is 2.74. The quantitative estimate of drug-likeness (QED) is 0.563. The summed E-state index contributed by atoms with van der Waals surface area (Å²) in [7, 11) is 0. The number of allylic oxidation sites excluding steroid dienone is 4. The van der Waals surface area contributed by atoms with Crippen molar-refractivity contribution in [2.24, 2.45) is 5.92 Å². The summed E-state index contributed by atoms with van der Waals surface area (Å²) in [5.74, 6) is 0.750. The van der Waals surface area contributed by atoms with Gasteiger partial charge in [-0.05, 0) is 38.7 Å². The standard InChI is InChI=1S/C11H18/c1-5-6-11-7-8(2)9(3)10(11)4/h7,11H,5-6H2,1-4H3. The topological polar surface area (TPSA) is 0 Å². The zero-order chi connectivity index (χ0) is 8.43. The van der Waals surface area contributed by atoms with Gasteiger partial charge in [-0.2, -0.15) is 0 Å². The molecule has 11 heavy (non-hydrogen) atoms. The lowest BCUT2D eigenvalue weighted by Gasteiger charge is -2.07. The minimum Gasteiger partial charge on any atom is -0.0741 e. The molecular weight excluding hydrogens is 132 g/mol. The van der Waals surface area contributed by atoms with E-state index in [-0.39, 0.29) is 0 Å². The molecule has 0 aliphatic heterocycles. The lowest BCUT2D eigenvalue weighted by atomic mass is 9.98. The Hall–Kier alpha value is -0.520. The first-order valence-corrected chi connectivity index (χ1v) is 4.53. The molecule has 1 rings (SSSR count). The van der Waals surface area contributed by atoms with Gasteiger partial charge < -0.3 is 0 Å². The van der Waals surface area contributed by atoms with Crippen LogP contribution in [0.25, 0.3) is 0 Å². The Bertz CT molecular complexity index is 206. The zero-order valence-corrected chi connectivity index (χ0v) is 8.07. The lowest BCUT2D eigenvalue weighted by molar-refractivity contribution is 0.664. The van der Waals surface area contributed by atoms with E-state index in [1.807, 2.05) is 0 Å². The Kier molecular flexibility index (Phi) is 2.53. The van der Waals surface area contributed by atoms with E-state index in [9.17, 15) is 0 Å². The summed E-state index contributed by atoms with van der Waals surface area (Å²) >= 11 is 0. The van der Waals surface area contributed by atoms with Gasteiger partial charge in [0.15, 0.2) is 0 Å². The first-order chi connectivity index (χ1) is 5.16. The normalized spacial score (nSPS) is 24.4. The second-order valence-electron chi connectivity index (χ2n) is 3.55. The summed E-state index contributed by atoms with van der Waals surface area (Å²) in [5.41, 5.74) is 4.59. The summed E-state index contributed by atoms with van der Waals surface area (Å²) in [4.78, 5) is 0. The van der Waals surface area contributed by atoms with Crippen LogP contribution in [0, 0.1) is 5.92 Å². The highest BCUT2D eigenvalue weighted by Crippen LogP contribution is 2.32. The third-order valence-corrected chi connectivity index (χ3v) is 2.79. The second-order valence-corrected chi connectivity index (χ2v) is 3.55. The van der Waals surface area contributed by atoms with E-state index in [2.05, 4.69) is 33.8 Å². The van der Waals surface area contributed by atoms with Crippen LogP contribution in [0.2, 0.25) is 0 Å². The van der Waals surface area contributed by atoms with E-state index in [1.54, 1.807) is 5.57 Å². The van der Waals surface area contributed by atoms with Crippen LogP contribution >= 0.6 is 0 Å². The van der Waals surface area contributed by atoms with Crippen molar-refractivity contribution >= 4 is 0 Å². The van der Waals surface area contributed by atoms with E-state index in [0.717, 1.165) is 5.92 Å². The van der Waals surface area contributed by atoms with Crippen molar-refractivity contribution in [1.82, 2.24) is 0 Å². The van der Waals surface area contributed by atoms with Crippen molar-refractivity contribution in [3.05, 3.63) is 22.8 Å². The molecule has 0 saturated heterocycles. The smallest absolute Gasteiger partial charge is 0.00145 e. The molecule has 0 aromatic carbocycles. The fourth-order valence-electron chi connectivity index (χ4n) is 1.75. The largest absolute Gasteiger partial charge is 0.0741 e. The summed E-state index contributed by atoms with van der Waals surface area (Å²) in [5, 5.41) is 0. The lowest BCUT2D eigenvalue weighted by Crippen LogP contribution is -1.93. The molecule has 0 aromatic rings. The van der Waals surface area contributed by atoms with Crippen LogP contribution in [0.1, 0.15) is 40.5 Å². The minimum absolute atomic E-state index is 0.750. The van der Waals surface area contributed by atoms with Crippen LogP contribution in [0.4, 0.5) is 0 Å². The average molecular weight is 150 g/mol. The van der Waals surface area contributed by atoms with Gasteiger partial charge in [0.25, 0.3) is 0 Å². The SMILES string of the molecule is CCCC1C=C(C)C(C)=C1C. The van der Waals surface area contributed by atoms with E-state index < -0.39 is 0 Å². The summed E-state index contributed by atoms with van der Waals surface area (Å²) in [6.07, 6.45) is 5.02. The highest BCUT2D eigenvalue weighted by atomic mass is 14.2. The van der Waals surface area contributed by atoms with Crippen LogP contribution < -0.4 is 0 Å². The molecule has 1 aliphatic carbocycles. The number of hydrogen-bond acceptors (Lipinski definition) is 0. The molecule has 1 aliphatic rings. The fourth-order valence-corrected chi connectivity index (χ4v) is 1.75.